The van der Waals surface area contributed by atoms with Crippen molar-refractivity contribution < 1.29 is 4.79 Å². The standard InChI is InChI=1S/C26H28N6O/c1-28-24-16-19(17-29-12-15-32-13-4-5-14-32)18-30-25(24)20-8-10-21(11-9-20)26(33)31-23-7-3-2-6-22(23)27/h2-3,6-11,16,18,29H,4-5,12-15,17,27H2,(H,31,33). The normalized spacial score (nSPS) is 13.5. The number of nitrogen functional groups attached to an aromatic ring is 1. The lowest BCUT2D eigenvalue weighted by Crippen LogP contribution is -2.29. The summed E-state index contributed by atoms with van der Waals surface area (Å²) >= 11 is 0. The van der Waals surface area contributed by atoms with Crippen LogP contribution < -0.4 is 16.4 Å². The van der Waals surface area contributed by atoms with E-state index < -0.39 is 0 Å². The van der Waals surface area contributed by atoms with E-state index in [4.69, 9.17) is 12.3 Å². The summed E-state index contributed by atoms with van der Waals surface area (Å²) in [5.74, 6) is -0.242. The van der Waals surface area contributed by atoms with E-state index in [1.165, 1.54) is 25.9 Å². The minimum Gasteiger partial charge on any atom is -0.397 e. The van der Waals surface area contributed by atoms with Crippen LogP contribution in [0.3, 0.4) is 0 Å². The number of likely N-dealkylation sites (tertiary alicyclic amines) is 1. The van der Waals surface area contributed by atoms with Gasteiger partial charge in [0, 0.05) is 31.4 Å². The van der Waals surface area contributed by atoms with Gasteiger partial charge in [-0.15, -0.1) is 0 Å². The number of amides is 1. The van der Waals surface area contributed by atoms with Gasteiger partial charge in [0.2, 0.25) is 5.69 Å². The second-order valence-corrected chi connectivity index (χ2v) is 8.17. The second-order valence-electron chi connectivity index (χ2n) is 8.17. The summed E-state index contributed by atoms with van der Waals surface area (Å²) in [5, 5.41) is 6.26. The molecule has 4 N–H and O–H groups in total. The fourth-order valence-corrected chi connectivity index (χ4v) is 3.96. The van der Waals surface area contributed by atoms with E-state index in [-0.39, 0.29) is 5.91 Å². The molecule has 1 aromatic heterocycles. The number of pyridine rings is 1. The van der Waals surface area contributed by atoms with Crippen LogP contribution in [0.1, 0.15) is 28.8 Å². The van der Waals surface area contributed by atoms with Gasteiger partial charge < -0.3 is 21.3 Å². The molecule has 1 amide bonds. The van der Waals surface area contributed by atoms with Crippen molar-refractivity contribution in [1.29, 1.82) is 0 Å². The number of nitrogens with two attached hydrogens (primary N) is 1. The first-order valence-corrected chi connectivity index (χ1v) is 11.2. The fraction of sp³-hybridized carbons (Fsp3) is 0.269. The van der Waals surface area contributed by atoms with E-state index >= 15 is 0 Å². The highest BCUT2D eigenvalue weighted by Crippen LogP contribution is 2.29. The minimum absolute atomic E-state index is 0.242. The largest absolute Gasteiger partial charge is 0.397 e. The van der Waals surface area contributed by atoms with Crippen LogP contribution in [0.2, 0.25) is 0 Å². The molecule has 1 fully saturated rings. The third-order valence-electron chi connectivity index (χ3n) is 5.81. The van der Waals surface area contributed by atoms with E-state index in [1.54, 1.807) is 24.3 Å². The Bertz CT molecular complexity index is 1150. The summed E-state index contributed by atoms with van der Waals surface area (Å²) < 4.78 is 0. The number of hydrogen-bond acceptors (Lipinski definition) is 5. The third-order valence-corrected chi connectivity index (χ3v) is 5.81. The highest BCUT2D eigenvalue weighted by Gasteiger charge is 2.12. The number of rotatable bonds is 8. The van der Waals surface area contributed by atoms with Gasteiger partial charge in [0.15, 0.2) is 0 Å². The van der Waals surface area contributed by atoms with Crippen molar-refractivity contribution in [2.75, 3.05) is 37.2 Å². The zero-order chi connectivity index (χ0) is 23.0. The molecule has 0 atom stereocenters. The van der Waals surface area contributed by atoms with Crippen molar-refractivity contribution in [1.82, 2.24) is 15.2 Å². The van der Waals surface area contributed by atoms with Crippen molar-refractivity contribution in [3.05, 3.63) is 83.3 Å². The van der Waals surface area contributed by atoms with Gasteiger partial charge in [0.05, 0.1) is 23.6 Å². The number of nitrogens with zero attached hydrogens (tertiary/aromatic N) is 3. The van der Waals surface area contributed by atoms with Crippen molar-refractivity contribution in [3.8, 4) is 11.3 Å². The molecule has 2 heterocycles. The maximum Gasteiger partial charge on any atom is 0.255 e. The molecular weight excluding hydrogens is 412 g/mol. The van der Waals surface area contributed by atoms with Gasteiger partial charge in [0.25, 0.3) is 5.91 Å². The maximum atomic E-state index is 12.6. The van der Waals surface area contributed by atoms with Crippen LogP contribution in [-0.4, -0.2) is 42.0 Å². The number of hydrogen-bond donors (Lipinski definition) is 3. The zero-order valence-corrected chi connectivity index (χ0v) is 18.6. The van der Waals surface area contributed by atoms with E-state index in [2.05, 4.69) is 25.4 Å². The lowest BCUT2D eigenvalue weighted by atomic mass is 10.1. The molecule has 3 aromatic rings. The Morgan fingerprint density at radius 2 is 1.88 bits per heavy atom. The SMILES string of the molecule is [C-]#[N+]c1cc(CNCCN2CCCC2)cnc1-c1ccc(C(=O)Nc2ccccc2N)cc1. The molecule has 0 unspecified atom stereocenters. The highest BCUT2D eigenvalue weighted by molar-refractivity contribution is 6.06. The molecule has 33 heavy (non-hydrogen) atoms. The summed E-state index contributed by atoms with van der Waals surface area (Å²) in [6.07, 6.45) is 4.41. The summed E-state index contributed by atoms with van der Waals surface area (Å²) in [5.41, 5.74) is 10.4. The lowest BCUT2D eigenvalue weighted by molar-refractivity contribution is 0.102. The van der Waals surface area contributed by atoms with Crippen molar-refractivity contribution in [3.63, 3.8) is 0 Å². The Balaban J connectivity index is 1.39. The molecule has 0 bridgehead atoms. The first-order valence-electron chi connectivity index (χ1n) is 11.2. The van der Waals surface area contributed by atoms with Gasteiger partial charge in [-0.1, -0.05) is 24.3 Å². The molecule has 4 rings (SSSR count). The topological polar surface area (TPSA) is 87.6 Å². The predicted octanol–water partition coefficient (Wildman–Crippen LogP) is 4.32. The first kappa shape index (κ1) is 22.5. The summed E-state index contributed by atoms with van der Waals surface area (Å²) in [7, 11) is 0. The summed E-state index contributed by atoms with van der Waals surface area (Å²) in [6.45, 7) is 12.6. The Morgan fingerprint density at radius 3 is 2.61 bits per heavy atom. The van der Waals surface area contributed by atoms with Crippen LogP contribution in [-0.2, 0) is 6.54 Å². The number of anilines is 2. The molecule has 1 aliphatic heterocycles. The van der Waals surface area contributed by atoms with Crippen LogP contribution in [0.5, 0.6) is 0 Å². The monoisotopic (exact) mass is 440 g/mol. The average molecular weight is 441 g/mol. The minimum atomic E-state index is -0.242. The molecule has 0 saturated carbocycles. The van der Waals surface area contributed by atoms with Crippen LogP contribution in [0, 0.1) is 6.57 Å². The fourth-order valence-electron chi connectivity index (χ4n) is 3.96. The number of carbonyl (C=O) groups is 1. The van der Waals surface area contributed by atoms with Gasteiger partial charge in [-0.2, -0.15) is 0 Å². The van der Waals surface area contributed by atoms with Crippen LogP contribution in [0.15, 0.2) is 60.8 Å². The number of aromatic nitrogens is 1. The smallest absolute Gasteiger partial charge is 0.255 e. The van der Waals surface area contributed by atoms with Crippen molar-refractivity contribution in [2.24, 2.45) is 0 Å². The number of carbonyl (C=O) groups excluding carboxylic acids is 1. The lowest BCUT2D eigenvalue weighted by Gasteiger charge is -2.15. The first-order chi connectivity index (χ1) is 16.1. The van der Waals surface area contributed by atoms with Crippen LogP contribution in [0.25, 0.3) is 16.1 Å². The molecule has 7 nitrogen and oxygen atoms in total. The number of nitrogens with one attached hydrogen (secondary N) is 2. The molecule has 7 heteroatoms. The molecule has 1 aliphatic rings. The van der Waals surface area contributed by atoms with Crippen molar-refractivity contribution >= 4 is 23.0 Å². The quantitative estimate of drug-likeness (QED) is 0.276. The van der Waals surface area contributed by atoms with Gasteiger partial charge in [0.1, 0.15) is 0 Å². The summed E-state index contributed by atoms with van der Waals surface area (Å²) in [6, 6.07) is 16.1. The molecule has 1 saturated heterocycles. The maximum absolute atomic E-state index is 12.6. The Morgan fingerprint density at radius 1 is 1.12 bits per heavy atom. The zero-order valence-electron chi connectivity index (χ0n) is 18.6. The van der Waals surface area contributed by atoms with Gasteiger partial charge in [-0.25, -0.2) is 4.85 Å². The van der Waals surface area contributed by atoms with Crippen LogP contribution in [0.4, 0.5) is 17.1 Å². The van der Waals surface area contributed by atoms with Crippen molar-refractivity contribution in [2.45, 2.75) is 19.4 Å². The molecule has 2 aromatic carbocycles. The average Bonchev–Trinajstić information content (AvgIpc) is 3.37. The van der Waals surface area contributed by atoms with E-state index in [0.717, 1.165) is 24.2 Å². The molecule has 0 aliphatic carbocycles. The Hall–Kier alpha value is -3.73. The second kappa shape index (κ2) is 10.7. The highest BCUT2D eigenvalue weighted by atomic mass is 16.1. The predicted molar refractivity (Wildman–Crippen MR) is 132 cm³/mol. The van der Waals surface area contributed by atoms with E-state index in [0.29, 0.717) is 34.9 Å². The summed E-state index contributed by atoms with van der Waals surface area (Å²) in [4.78, 5) is 23.2. The third kappa shape index (κ3) is 5.75. The molecular formula is C26H28N6O. The number of benzene rings is 2. The van der Waals surface area contributed by atoms with E-state index in [1.807, 2.05) is 36.5 Å². The van der Waals surface area contributed by atoms with Gasteiger partial charge >= 0.3 is 0 Å². The molecule has 0 spiro atoms. The number of para-hydroxylation sites is 2. The Kier molecular flexibility index (Phi) is 7.30. The van der Waals surface area contributed by atoms with Gasteiger partial charge in [-0.05, 0) is 67.4 Å². The Labute approximate surface area is 194 Å². The molecule has 0 radical (unpaired) electrons. The molecule has 168 valence electrons. The van der Waals surface area contributed by atoms with Crippen LogP contribution >= 0.6 is 0 Å². The van der Waals surface area contributed by atoms with Gasteiger partial charge in [-0.3, -0.25) is 9.78 Å². The van der Waals surface area contributed by atoms with E-state index in [9.17, 15) is 4.79 Å².